The molecule has 0 spiro atoms. The molecule has 0 aromatic heterocycles. The molecule has 0 unspecified atom stereocenters. The van der Waals surface area contributed by atoms with E-state index < -0.39 is 38.2 Å². The molecule has 0 radical (unpaired) electrons. The van der Waals surface area contributed by atoms with Crippen LogP contribution in [-0.2, 0) is 40.2 Å². The highest BCUT2D eigenvalue weighted by atomic mass is 32.2. The average molecular weight is 575 g/mol. The number of hydrogen-bond donors (Lipinski definition) is 4. The van der Waals surface area contributed by atoms with Gasteiger partial charge in [0.05, 0.1) is 6.61 Å². The largest absolute Gasteiger partial charge is 0.331 e. The predicted molar refractivity (Wildman–Crippen MR) is 149 cm³/mol. The van der Waals surface area contributed by atoms with Crippen LogP contribution < -0.4 is 22.1 Å². The zero-order valence-corrected chi connectivity index (χ0v) is 23.9. The van der Waals surface area contributed by atoms with Crippen molar-refractivity contribution in [2.75, 3.05) is 12.9 Å². The summed E-state index contributed by atoms with van der Waals surface area (Å²) in [5, 5.41) is 2.74. The van der Waals surface area contributed by atoms with Gasteiger partial charge in [0.25, 0.3) is 17.7 Å². The lowest BCUT2D eigenvalue weighted by atomic mass is 9.86. The summed E-state index contributed by atoms with van der Waals surface area (Å²) >= 11 is 0. The minimum absolute atomic E-state index is 0.0151. The van der Waals surface area contributed by atoms with Gasteiger partial charge >= 0.3 is 0 Å². The van der Waals surface area contributed by atoms with Crippen molar-refractivity contribution in [3.8, 4) is 0 Å². The molecule has 1 saturated heterocycles. The van der Waals surface area contributed by atoms with Crippen molar-refractivity contribution in [3.63, 3.8) is 0 Å². The Morgan fingerprint density at radius 2 is 1.85 bits per heavy atom. The molecule has 0 saturated carbocycles. The van der Waals surface area contributed by atoms with Gasteiger partial charge in [0.1, 0.15) is 0 Å². The lowest BCUT2D eigenvalue weighted by molar-refractivity contribution is -0.290. The molecule has 3 amide bonds. The highest BCUT2D eigenvalue weighted by Gasteiger charge is 2.50. The first-order chi connectivity index (χ1) is 19.0. The van der Waals surface area contributed by atoms with E-state index in [9.17, 15) is 22.8 Å². The van der Waals surface area contributed by atoms with Crippen LogP contribution in [0, 0.1) is 6.92 Å². The molecule has 2 atom stereocenters. The molecule has 3 rings (SSSR count). The van der Waals surface area contributed by atoms with Crippen LogP contribution in [0.2, 0.25) is 0 Å². The first kappa shape index (κ1) is 31.2. The first-order valence-corrected chi connectivity index (χ1v) is 15.2. The number of hydrogen-bond acceptors (Lipinski definition) is 8. The van der Waals surface area contributed by atoms with Crippen molar-refractivity contribution in [3.05, 3.63) is 70.8 Å². The molecule has 5 N–H and O–H groups in total. The third kappa shape index (κ3) is 7.05. The lowest BCUT2D eigenvalue weighted by Crippen LogP contribution is -2.57. The number of nitrogens with one attached hydrogen (secondary N) is 3. The smallest absolute Gasteiger partial charge is 0.274 e. The summed E-state index contributed by atoms with van der Waals surface area (Å²) < 4.78 is 30.0. The van der Waals surface area contributed by atoms with E-state index in [1.54, 1.807) is 55.5 Å². The fourth-order valence-corrected chi connectivity index (χ4v) is 6.53. The number of carbonyl (C=O) groups is 3. The molecule has 1 fully saturated rings. The average Bonchev–Trinajstić information content (AvgIpc) is 2.94. The SMILES string of the molecule is CCC[C@](C(=O)NN)(c1ccc(C)cc1CCC(=O)NO[C@@]1(NC(=O)c2ccccc2)CCCCO1)S(C)(=O)=O. The van der Waals surface area contributed by atoms with E-state index in [0.717, 1.165) is 18.2 Å². The van der Waals surface area contributed by atoms with E-state index in [4.69, 9.17) is 15.4 Å². The summed E-state index contributed by atoms with van der Waals surface area (Å²) in [6.07, 6.45) is 3.29. The monoisotopic (exact) mass is 574 g/mol. The predicted octanol–water partition coefficient (Wildman–Crippen LogP) is 2.29. The highest BCUT2D eigenvalue weighted by Crippen LogP contribution is 2.38. The second kappa shape index (κ2) is 13.4. The van der Waals surface area contributed by atoms with E-state index in [1.807, 2.05) is 12.3 Å². The Balaban J connectivity index is 1.78. The van der Waals surface area contributed by atoms with E-state index in [0.29, 0.717) is 37.0 Å². The minimum Gasteiger partial charge on any atom is -0.331 e. The molecule has 218 valence electrons. The number of carbonyl (C=O) groups excluding carboxylic acids is 3. The van der Waals surface area contributed by atoms with Gasteiger partial charge in [-0.15, -0.1) is 0 Å². The van der Waals surface area contributed by atoms with Crippen molar-refractivity contribution >= 4 is 27.6 Å². The van der Waals surface area contributed by atoms with Crippen molar-refractivity contribution in [2.24, 2.45) is 5.84 Å². The number of aryl methyl sites for hydroxylation is 2. The fraction of sp³-hybridized carbons (Fsp3) is 0.464. The number of ether oxygens (including phenoxy) is 1. The van der Waals surface area contributed by atoms with Crippen molar-refractivity contribution < 1.29 is 32.4 Å². The zero-order chi connectivity index (χ0) is 29.4. The molecule has 40 heavy (non-hydrogen) atoms. The second-order valence-electron chi connectivity index (χ2n) is 9.99. The van der Waals surface area contributed by atoms with Crippen molar-refractivity contribution in [1.82, 2.24) is 16.2 Å². The number of rotatable bonds is 12. The van der Waals surface area contributed by atoms with Gasteiger partial charge in [0.2, 0.25) is 5.91 Å². The van der Waals surface area contributed by atoms with E-state index >= 15 is 0 Å². The number of amides is 3. The van der Waals surface area contributed by atoms with E-state index in [2.05, 4.69) is 10.8 Å². The lowest BCUT2D eigenvalue weighted by Gasteiger charge is -2.36. The van der Waals surface area contributed by atoms with Crippen LogP contribution >= 0.6 is 0 Å². The molecule has 12 heteroatoms. The van der Waals surface area contributed by atoms with Crippen LogP contribution in [0.5, 0.6) is 0 Å². The summed E-state index contributed by atoms with van der Waals surface area (Å²) in [5.41, 5.74) is 6.47. The number of nitrogens with two attached hydrogens (primary N) is 1. The summed E-state index contributed by atoms with van der Waals surface area (Å²) in [4.78, 5) is 44.3. The van der Waals surface area contributed by atoms with Crippen LogP contribution in [0.4, 0.5) is 0 Å². The third-order valence-electron chi connectivity index (χ3n) is 6.96. The van der Waals surface area contributed by atoms with Crippen molar-refractivity contribution in [2.45, 2.75) is 69.5 Å². The van der Waals surface area contributed by atoms with Gasteiger partial charge in [-0.25, -0.2) is 24.6 Å². The van der Waals surface area contributed by atoms with Crippen LogP contribution in [0.25, 0.3) is 0 Å². The molecule has 2 aromatic carbocycles. The molecule has 0 bridgehead atoms. The maximum absolute atomic E-state index is 13.1. The van der Waals surface area contributed by atoms with Crippen LogP contribution in [0.15, 0.2) is 48.5 Å². The maximum atomic E-state index is 13.1. The molecule has 0 aliphatic carbocycles. The Bertz CT molecular complexity index is 1310. The van der Waals surface area contributed by atoms with Gasteiger partial charge in [-0.1, -0.05) is 55.3 Å². The molecule has 2 aromatic rings. The summed E-state index contributed by atoms with van der Waals surface area (Å²) in [5.74, 6) is 2.15. The van der Waals surface area contributed by atoms with Gasteiger partial charge in [0, 0.05) is 24.7 Å². The number of benzene rings is 2. The Kier molecular flexibility index (Phi) is 10.4. The van der Waals surface area contributed by atoms with Crippen LogP contribution in [-0.4, -0.2) is 44.9 Å². The fourth-order valence-electron chi connectivity index (χ4n) is 4.96. The topological polar surface area (TPSA) is 166 Å². The molecular formula is C28H38N4O7S. The molecule has 11 nitrogen and oxygen atoms in total. The van der Waals surface area contributed by atoms with Crippen molar-refractivity contribution in [1.29, 1.82) is 0 Å². The number of hydrazine groups is 1. The quantitative estimate of drug-likeness (QED) is 0.130. The number of hydroxylamine groups is 1. The molecular weight excluding hydrogens is 536 g/mol. The maximum Gasteiger partial charge on any atom is 0.274 e. The van der Waals surface area contributed by atoms with E-state index in [-0.39, 0.29) is 24.8 Å². The summed E-state index contributed by atoms with van der Waals surface area (Å²) in [6, 6.07) is 13.7. The molecule has 1 aliphatic heterocycles. The molecule has 1 aliphatic rings. The molecule has 1 heterocycles. The van der Waals surface area contributed by atoms with Gasteiger partial charge < -0.3 is 4.74 Å². The number of sulfone groups is 1. The summed E-state index contributed by atoms with van der Waals surface area (Å²) in [6.45, 7) is 3.95. The summed E-state index contributed by atoms with van der Waals surface area (Å²) in [7, 11) is -3.97. The van der Waals surface area contributed by atoms with Gasteiger partial charge in [-0.05, 0) is 55.9 Å². The van der Waals surface area contributed by atoms with E-state index in [1.165, 1.54) is 0 Å². The van der Waals surface area contributed by atoms with Gasteiger partial charge in [-0.3, -0.25) is 25.1 Å². The third-order valence-corrected chi connectivity index (χ3v) is 8.83. The normalized spacial score (nSPS) is 18.8. The Labute approximate surface area is 235 Å². The highest BCUT2D eigenvalue weighted by molar-refractivity contribution is 7.92. The zero-order valence-electron chi connectivity index (χ0n) is 23.1. The van der Waals surface area contributed by atoms with Gasteiger partial charge in [0.15, 0.2) is 14.6 Å². The Morgan fingerprint density at radius 1 is 1.12 bits per heavy atom. The standard InChI is InChI=1S/C28H38N4O7S/c1-4-16-27(26(35)31-29,40(3,36)37)23-14-12-20(2)19-22(23)13-15-24(33)32-39-28(17-8-9-18-38-28)30-25(34)21-10-6-5-7-11-21/h5-7,10-12,14,19H,4,8-9,13,15-18,29H2,1-3H3,(H,30,34)(H,31,35)(H,32,33)/t27-,28-/m1/s1. The Morgan fingerprint density at radius 3 is 2.45 bits per heavy atom. The van der Waals surface area contributed by atoms with Gasteiger partial charge in [-0.2, -0.15) is 0 Å². The van der Waals surface area contributed by atoms with Crippen LogP contribution in [0.1, 0.15) is 72.5 Å². The minimum atomic E-state index is -3.97. The first-order valence-electron chi connectivity index (χ1n) is 13.3. The second-order valence-corrected chi connectivity index (χ2v) is 12.2. The Hall–Kier alpha value is -3.32. The van der Waals surface area contributed by atoms with Crippen LogP contribution in [0.3, 0.4) is 0 Å².